The topological polar surface area (TPSA) is 12.4 Å². The van der Waals surface area contributed by atoms with E-state index < -0.39 is 0 Å². The first-order valence-corrected chi connectivity index (χ1v) is 4.90. The highest BCUT2D eigenvalue weighted by atomic mass is 32.2. The van der Waals surface area contributed by atoms with Crippen molar-refractivity contribution in [3.05, 3.63) is 47.4 Å². The summed E-state index contributed by atoms with van der Waals surface area (Å²) in [6.45, 7) is 7.73. The normalized spacial score (nSPS) is 11.4. The van der Waals surface area contributed by atoms with Crippen molar-refractivity contribution in [1.29, 1.82) is 0 Å². The number of hydrogen-bond acceptors (Lipinski definition) is 2. The molecule has 13 heavy (non-hydrogen) atoms. The fourth-order valence-corrected chi connectivity index (χ4v) is 1.28. The lowest BCUT2D eigenvalue weighted by molar-refractivity contribution is 1.60. The highest BCUT2D eigenvalue weighted by Gasteiger charge is 1.94. The molecule has 1 aromatic carbocycles. The molecule has 0 N–H and O–H groups in total. The van der Waals surface area contributed by atoms with Gasteiger partial charge in [0.25, 0.3) is 0 Å². The van der Waals surface area contributed by atoms with Gasteiger partial charge in [0.1, 0.15) is 0 Å². The Kier molecular flexibility index (Phi) is 3.77. The first-order chi connectivity index (χ1) is 6.20. The highest BCUT2D eigenvalue weighted by Crippen LogP contribution is 2.15. The third-order valence-electron chi connectivity index (χ3n) is 1.53. The lowest BCUT2D eigenvalue weighted by Gasteiger charge is -1.98. The van der Waals surface area contributed by atoms with Crippen LogP contribution in [0.1, 0.15) is 19.4 Å². The van der Waals surface area contributed by atoms with Crippen molar-refractivity contribution < 1.29 is 0 Å². The standard InChI is InChI=1S/C11H13NS/c1-9(2)13-12-10(3)11-7-5-4-6-8-11/h4-8H,1H2,2-3H3/b12-10+. The van der Waals surface area contributed by atoms with Crippen LogP contribution < -0.4 is 0 Å². The zero-order valence-electron chi connectivity index (χ0n) is 7.95. The van der Waals surface area contributed by atoms with Crippen LogP contribution in [0.2, 0.25) is 0 Å². The molecule has 0 unspecified atom stereocenters. The van der Waals surface area contributed by atoms with Gasteiger partial charge in [-0.15, -0.1) is 0 Å². The summed E-state index contributed by atoms with van der Waals surface area (Å²) in [7, 11) is 0. The molecule has 0 saturated heterocycles. The van der Waals surface area contributed by atoms with E-state index in [1.807, 2.05) is 32.0 Å². The largest absolute Gasteiger partial charge is 0.216 e. The second-order valence-corrected chi connectivity index (χ2v) is 3.90. The van der Waals surface area contributed by atoms with Crippen LogP contribution in [0.25, 0.3) is 0 Å². The van der Waals surface area contributed by atoms with Crippen LogP contribution in [0.15, 0.2) is 46.2 Å². The monoisotopic (exact) mass is 191 g/mol. The summed E-state index contributed by atoms with van der Waals surface area (Å²) in [5.74, 6) is 0. The number of rotatable bonds is 3. The quantitative estimate of drug-likeness (QED) is 0.524. The van der Waals surface area contributed by atoms with Crippen LogP contribution in [0, 0.1) is 0 Å². The fraction of sp³-hybridized carbons (Fsp3) is 0.182. The van der Waals surface area contributed by atoms with Crippen molar-refractivity contribution in [2.45, 2.75) is 13.8 Å². The maximum Gasteiger partial charge on any atom is 0.0532 e. The van der Waals surface area contributed by atoms with Crippen molar-refractivity contribution in [1.82, 2.24) is 0 Å². The number of hydrogen-bond donors (Lipinski definition) is 0. The Morgan fingerprint density at radius 3 is 2.38 bits per heavy atom. The molecule has 0 fully saturated rings. The first kappa shape index (κ1) is 10.1. The molecule has 0 spiro atoms. The van der Waals surface area contributed by atoms with Crippen LogP contribution in [0.4, 0.5) is 0 Å². The molecule has 0 radical (unpaired) electrons. The molecule has 0 atom stereocenters. The fourth-order valence-electron chi connectivity index (χ4n) is 0.878. The lowest BCUT2D eigenvalue weighted by Crippen LogP contribution is -1.91. The lowest BCUT2D eigenvalue weighted by atomic mass is 10.1. The van der Waals surface area contributed by atoms with E-state index in [1.54, 1.807) is 0 Å². The summed E-state index contributed by atoms with van der Waals surface area (Å²) in [6.07, 6.45) is 0. The summed E-state index contributed by atoms with van der Waals surface area (Å²) in [4.78, 5) is 1.01. The van der Waals surface area contributed by atoms with E-state index >= 15 is 0 Å². The summed E-state index contributed by atoms with van der Waals surface area (Å²) in [5, 5.41) is 0. The smallest absolute Gasteiger partial charge is 0.0532 e. The van der Waals surface area contributed by atoms with Crippen molar-refractivity contribution in [2.75, 3.05) is 0 Å². The van der Waals surface area contributed by atoms with E-state index in [2.05, 4.69) is 23.1 Å². The molecular formula is C11H13NS. The molecule has 0 aliphatic heterocycles. The molecule has 1 rings (SSSR count). The van der Waals surface area contributed by atoms with Gasteiger partial charge in [-0.3, -0.25) is 0 Å². The van der Waals surface area contributed by atoms with Gasteiger partial charge in [0, 0.05) is 11.9 Å². The SMILES string of the molecule is C=C(C)S/N=C(\C)c1ccccc1. The van der Waals surface area contributed by atoms with Crippen molar-refractivity contribution in [2.24, 2.45) is 4.40 Å². The minimum atomic E-state index is 1.01. The molecule has 0 aromatic heterocycles. The van der Waals surface area contributed by atoms with Gasteiger partial charge in [-0.05, 0) is 24.3 Å². The van der Waals surface area contributed by atoms with Crippen LogP contribution in [0.3, 0.4) is 0 Å². The molecule has 2 heteroatoms. The summed E-state index contributed by atoms with van der Waals surface area (Å²) >= 11 is 1.43. The van der Waals surface area contributed by atoms with Gasteiger partial charge in [0.2, 0.25) is 0 Å². The molecule has 0 saturated carbocycles. The zero-order valence-corrected chi connectivity index (χ0v) is 8.77. The first-order valence-electron chi connectivity index (χ1n) is 4.12. The highest BCUT2D eigenvalue weighted by molar-refractivity contribution is 8.01. The Morgan fingerprint density at radius 2 is 1.85 bits per heavy atom. The van der Waals surface area contributed by atoms with Gasteiger partial charge in [-0.2, -0.15) is 0 Å². The molecular weight excluding hydrogens is 178 g/mol. The molecule has 0 bridgehead atoms. The molecule has 68 valence electrons. The average Bonchev–Trinajstić information content (AvgIpc) is 2.15. The van der Waals surface area contributed by atoms with E-state index in [0.29, 0.717) is 0 Å². The number of allylic oxidation sites excluding steroid dienone is 1. The van der Waals surface area contributed by atoms with Crippen LogP contribution in [-0.2, 0) is 0 Å². The second kappa shape index (κ2) is 4.87. The predicted octanol–water partition coefficient (Wildman–Crippen LogP) is 3.68. The second-order valence-electron chi connectivity index (χ2n) is 2.84. The van der Waals surface area contributed by atoms with Crippen molar-refractivity contribution in [3.63, 3.8) is 0 Å². The molecule has 0 amide bonds. The summed E-state index contributed by atoms with van der Waals surface area (Å²) < 4.78 is 4.33. The van der Waals surface area contributed by atoms with Gasteiger partial charge < -0.3 is 0 Å². The molecule has 0 heterocycles. The Balaban J connectivity index is 2.73. The van der Waals surface area contributed by atoms with E-state index in [4.69, 9.17) is 0 Å². The maximum absolute atomic E-state index is 4.33. The molecule has 0 aliphatic rings. The van der Waals surface area contributed by atoms with Crippen LogP contribution in [0.5, 0.6) is 0 Å². The molecule has 0 aliphatic carbocycles. The van der Waals surface area contributed by atoms with E-state index in [1.165, 1.54) is 11.9 Å². The molecule has 1 nitrogen and oxygen atoms in total. The number of benzene rings is 1. The maximum atomic E-state index is 4.33. The summed E-state index contributed by atoms with van der Waals surface area (Å²) in [6, 6.07) is 10.1. The van der Waals surface area contributed by atoms with E-state index in [-0.39, 0.29) is 0 Å². The van der Waals surface area contributed by atoms with Crippen LogP contribution in [-0.4, -0.2) is 5.71 Å². The van der Waals surface area contributed by atoms with Gasteiger partial charge in [0.15, 0.2) is 0 Å². The Bertz CT molecular complexity index is 314. The van der Waals surface area contributed by atoms with Crippen LogP contribution >= 0.6 is 11.9 Å². The Morgan fingerprint density at radius 1 is 1.23 bits per heavy atom. The van der Waals surface area contributed by atoms with Gasteiger partial charge in [0.05, 0.1) is 5.71 Å². The van der Waals surface area contributed by atoms with E-state index in [0.717, 1.165) is 16.2 Å². The minimum Gasteiger partial charge on any atom is -0.216 e. The van der Waals surface area contributed by atoms with Gasteiger partial charge >= 0.3 is 0 Å². The third-order valence-corrected chi connectivity index (χ3v) is 2.21. The van der Waals surface area contributed by atoms with Crippen molar-refractivity contribution >= 4 is 17.7 Å². The minimum absolute atomic E-state index is 1.01. The number of nitrogens with zero attached hydrogens (tertiary/aromatic N) is 1. The predicted molar refractivity (Wildman–Crippen MR) is 61.1 cm³/mol. The van der Waals surface area contributed by atoms with Gasteiger partial charge in [-0.25, -0.2) is 4.40 Å². The Labute approximate surface area is 83.7 Å². The third kappa shape index (κ3) is 3.47. The van der Waals surface area contributed by atoms with E-state index in [9.17, 15) is 0 Å². The zero-order chi connectivity index (χ0) is 9.68. The summed E-state index contributed by atoms with van der Waals surface area (Å²) in [5.41, 5.74) is 2.20. The van der Waals surface area contributed by atoms with Gasteiger partial charge in [-0.1, -0.05) is 36.9 Å². The molecule has 1 aromatic rings. The van der Waals surface area contributed by atoms with Crippen molar-refractivity contribution in [3.8, 4) is 0 Å². The average molecular weight is 191 g/mol. The Hall–Kier alpha value is -1.02.